The van der Waals surface area contributed by atoms with Crippen LogP contribution in [0.2, 0.25) is 5.02 Å². The second kappa shape index (κ2) is 7.27. The number of amides is 1. The molecule has 5 heteroatoms. The van der Waals surface area contributed by atoms with Crippen molar-refractivity contribution in [2.45, 2.75) is 33.3 Å². The zero-order chi connectivity index (χ0) is 16.1. The van der Waals surface area contributed by atoms with Gasteiger partial charge in [0.15, 0.2) is 6.10 Å². The van der Waals surface area contributed by atoms with Gasteiger partial charge in [0.05, 0.1) is 0 Å². The molecule has 1 unspecified atom stereocenters. The Labute approximate surface area is 135 Å². The lowest BCUT2D eigenvalue weighted by atomic mass is 10.2. The molecule has 2 rings (SSSR count). The maximum Gasteiger partial charge on any atom is 0.266 e. The van der Waals surface area contributed by atoms with Crippen molar-refractivity contribution in [3.63, 3.8) is 0 Å². The quantitative estimate of drug-likeness (QED) is 0.901. The van der Waals surface area contributed by atoms with Gasteiger partial charge in [0.1, 0.15) is 11.6 Å². The number of pyridine rings is 1. The summed E-state index contributed by atoms with van der Waals surface area (Å²) in [6.45, 7) is 5.69. The molecule has 0 saturated carbocycles. The smallest absolute Gasteiger partial charge is 0.266 e. The number of nitrogens with one attached hydrogen (secondary N) is 1. The van der Waals surface area contributed by atoms with E-state index in [4.69, 9.17) is 16.3 Å². The SMILES string of the molecule is CCC(Oc1ccc(Cl)c(C)c1)C(=O)Nc1ncccc1C. The number of hydrogen-bond donors (Lipinski definition) is 1. The minimum absolute atomic E-state index is 0.211. The third-order valence-electron chi connectivity index (χ3n) is 3.32. The van der Waals surface area contributed by atoms with Gasteiger partial charge in [-0.05, 0) is 55.7 Å². The van der Waals surface area contributed by atoms with Crippen molar-refractivity contribution in [3.8, 4) is 5.75 Å². The number of anilines is 1. The average Bonchev–Trinajstić information content (AvgIpc) is 2.50. The van der Waals surface area contributed by atoms with Crippen LogP contribution in [0.25, 0.3) is 0 Å². The second-order valence-electron chi connectivity index (χ2n) is 5.08. The van der Waals surface area contributed by atoms with Crippen LogP contribution in [-0.2, 0) is 4.79 Å². The fourth-order valence-electron chi connectivity index (χ4n) is 1.99. The number of nitrogens with zero attached hydrogens (tertiary/aromatic N) is 1. The molecule has 0 spiro atoms. The number of ether oxygens (including phenoxy) is 1. The number of halogens is 1. The summed E-state index contributed by atoms with van der Waals surface area (Å²) in [5.41, 5.74) is 1.82. The zero-order valence-electron chi connectivity index (χ0n) is 12.9. The van der Waals surface area contributed by atoms with E-state index in [0.717, 1.165) is 11.1 Å². The molecule has 1 heterocycles. The Morgan fingerprint density at radius 3 is 2.73 bits per heavy atom. The van der Waals surface area contributed by atoms with E-state index in [0.29, 0.717) is 23.0 Å². The van der Waals surface area contributed by atoms with Crippen LogP contribution in [0.1, 0.15) is 24.5 Å². The molecule has 1 amide bonds. The molecule has 1 N–H and O–H groups in total. The Kier molecular flexibility index (Phi) is 5.39. The lowest BCUT2D eigenvalue weighted by molar-refractivity contribution is -0.122. The summed E-state index contributed by atoms with van der Waals surface area (Å²) >= 11 is 6.00. The predicted octanol–water partition coefficient (Wildman–Crippen LogP) is 4.15. The molecule has 116 valence electrons. The van der Waals surface area contributed by atoms with Gasteiger partial charge in [-0.3, -0.25) is 4.79 Å². The van der Waals surface area contributed by atoms with Gasteiger partial charge in [0.25, 0.3) is 5.91 Å². The van der Waals surface area contributed by atoms with Crippen LogP contribution in [0.3, 0.4) is 0 Å². The summed E-state index contributed by atoms with van der Waals surface area (Å²) in [5, 5.41) is 3.48. The minimum atomic E-state index is -0.581. The van der Waals surface area contributed by atoms with Gasteiger partial charge < -0.3 is 10.1 Å². The van der Waals surface area contributed by atoms with E-state index in [1.807, 2.05) is 39.0 Å². The van der Waals surface area contributed by atoms with Crippen LogP contribution in [0.5, 0.6) is 5.75 Å². The highest BCUT2D eigenvalue weighted by Gasteiger charge is 2.19. The Balaban J connectivity index is 2.09. The first-order valence-corrected chi connectivity index (χ1v) is 7.54. The molecule has 0 radical (unpaired) electrons. The molecule has 1 aromatic carbocycles. The Morgan fingerprint density at radius 2 is 2.09 bits per heavy atom. The third-order valence-corrected chi connectivity index (χ3v) is 3.75. The molecule has 0 aliphatic rings. The summed E-state index contributed by atoms with van der Waals surface area (Å²) in [7, 11) is 0. The van der Waals surface area contributed by atoms with E-state index in [2.05, 4.69) is 10.3 Å². The van der Waals surface area contributed by atoms with E-state index in [9.17, 15) is 4.79 Å². The molecule has 0 fully saturated rings. The first-order chi connectivity index (χ1) is 10.5. The molecule has 0 aliphatic carbocycles. The van der Waals surface area contributed by atoms with Gasteiger partial charge in [-0.1, -0.05) is 24.6 Å². The normalized spacial score (nSPS) is 11.8. The van der Waals surface area contributed by atoms with E-state index in [-0.39, 0.29) is 5.91 Å². The number of aromatic nitrogens is 1. The van der Waals surface area contributed by atoms with Gasteiger partial charge in [0, 0.05) is 11.2 Å². The lowest BCUT2D eigenvalue weighted by Crippen LogP contribution is -2.32. The topological polar surface area (TPSA) is 51.2 Å². The monoisotopic (exact) mass is 318 g/mol. The predicted molar refractivity (Wildman–Crippen MR) is 88.5 cm³/mol. The van der Waals surface area contributed by atoms with E-state index in [1.165, 1.54) is 0 Å². The summed E-state index contributed by atoms with van der Waals surface area (Å²) in [4.78, 5) is 16.5. The minimum Gasteiger partial charge on any atom is -0.481 e. The maximum absolute atomic E-state index is 12.3. The number of carbonyl (C=O) groups is 1. The molecular weight excluding hydrogens is 300 g/mol. The standard InChI is InChI=1S/C17H19ClN2O2/c1-4-15(22-13-7-8-14(18)12(3)10-13)17(21)20-16-11(2)6-5-9-19-16/h5-10,15H,4H2,1-3H3,(H,19,20,21). The summed E-state index contributed by atoms with van der Waals surface area (Å²) < 4.78 is 5.77. The molecule has 0 aliphatic heterocycles. The number of benzene rings is 1. The maximum atomic E-state index is 12.3. The van der Waals surface area contributed by atoms with Gasteiger partial charge >= 0.3 is 0 Å². The summed E-state index contributed by atoms with van der Waals surface area (Å²) in [5.74, 6) is 0.973. The molecular formula is C17H19ClN2O2. The van der Waals surface area contributed by atoms with Gasteiger partial charge in [-0.25, -0.2) is 4.98 Å². The number of rotatable bonds is 5. The number of carbonyl (C=O) groups excluding carboxylic acids is 1. The van der Waals surface area contributed by atoms with Crippen molar-refractivity contribution in [1.29, 1.82) is 0 Å². The first-order valence-electron chi connectivity index (χ1n) is 7.16. The van der Waals surface area contributed by atoms with Crippen molar-refractivity contribution in [2.24, 2.45) is 0 Å². The second-order valence-corrected chi connectivity index (χ2v) is 5.49. The molecule has 2 aromatic rings. The molecule has 1 atom stereocenters. The summed E-state index contributed by atoms with van der Waals surface area (Å²) in [6.07, 6.45) is 1.62. The number of aryl methyl sites for hydroxylation is 2. The molecule has 1 aromatic heterocycles. The van der Waals surface area contributed by atoms with Crippen molar-refractivity contribution in [2.75, 3.05) is 5.32 Å². The van der Waals surface area contributed by atoms with E-state index >= 15 is 0 Å². The Bertz CT molecular complexity index is 673. The van der Waals surface area contributed by atoms with Crippen LogP contribution in [0.15, 0.2) is 36.5 Å². The van der Waals surface area contributed by atoms with Crippen LogP contribution in [0, 0.1) is 13.8 Å². The van der Waals surface area contributed by atoms with Crippen molar-refractivity contribution in [3.05, 3.63) is 52.7 Å². The average molecular weight is 319 g/mol. The van der Waals surface area contributed by atoms with E-state index < -0.39 is 6.10 Å². The van der Waals surface area contributed by atoms with Crippen LogP contribution >= 0.6 is 11.6 Å². The Hall–Kier alpha value is -2.07. The fourth-order valence-corrected chi connectivity index (χ4v) is 2.11. The van der Waals surface area contributed by atoms with Crippen LogP contribution in [-0.4, -0.2) is 17.0 Å². The first kappa shape index (κ1) is 16.3. The molecule has 0 saturated heterocycles. The third kappa shape index (κ3) is 3.98. The van der Waals surface area contributed by atoms with Crippen LogP contribution < -0.4 is 10.1 Å². The Morgan fingerprint density at radius 1 is 1.32 bits per heavy atom. The van der Waals surface area contributed by atoms with Crippen molar-refractivity contribution < 1.29 is 9.53 Å². The zero-order valence-corrected chi connectivity index (χ0v) is 13.6. The summed E-state index contributed by atoms with van der Waals surface area (Å²) in [6, 6.07) is 9.07. The lowest BCUT2D eigenvalue weighted by Gasteiger charge is -2.18. The van der Waals surface area contributed by atoms with Crippen molar-refractivity contribution >= 4 is 23.3 Å². The van der Waals surface area contributed by atoms with Gasteiger partial charge in [-0.2, -0.15) is 0 Å². The molecule has 4 nitrogen and oxygen atoms in total. The van der Waals surface area contributed by atoms with Crippen molar-refractivity contribution in [1.82, 2.24) is 4.98 Å². The van der Waals surface area contributed by atoms with Gasteiger partial charge in [0.2, 0.25) is 0 Å². The highest BCUT2D eigenvalue weighted by Crippen LogP contribution is 2.22. The van der Waals surface area contributed by atoms with Crippen LogP contribution in [0.4, 0.5) is 5.82 Å². The van der Waals surface area contributed by atoms with E-state index in [1.54, 1.807) is 18.3 Å². The van der Waals surface area contributed by atoms with Gasteiger partial charge in [-0.15, -0.1) is 0 Å². The highest BCUT2D eigenvalue weighted by atomic mass is 35.5. The molecule has 22 heavy (non-hydrogen) atoms. The molecule has 0 bridgehead atoms. The number of hydrogen-bond acceptors (Lipinski definition) is 3. The fraction of sp³-hybridized carbons (Fsp3) is 0.294. The highest BCUT2D eigenvalue weighted by molar-refractivity contribution is 6.31. The largest absolute Gasteiger partial charge is 0.481 e.